The molecule has 23 heavy (non-hydrogen) atoms. The maximum atomic E-state index is 12.1. The maximum Gasteiger partial charge on any atom is 0.376 e. The molecule has 0 bridgehead atoms. The first-order valence-corrected chi connectivity index (χ1v) is 6.89. The van der Waals surface area contributed by atoms with E-state index >= 15 is 0 Å². The summed E-state index contributed by atoms with van der Waals surface area (Å²) in [6, 6.07) is 6.96. The SMILES string of the molecule is CCOC(=O)c1oc2cnccc2c1Nc1ccc(C#N)nc1. The Morgan fingerprint density at radius 1 is 1.39 bits per heavy atom. The van der Waals surface area contributed by atoms with E-state index < -0.39 is 5.97 Å². The molecule has 114 valence electrons. The number of ether oxygens (including phenoxy) is 1. The Kier molecular flexibility index (Phi) is 3.89. The molecule has 0 aliphatic carbocycles. The van der Waals surface area contributed by atoms with Gasteiger partial charge in [-0.15, -0.1) is 0 Å². The van der Waals surface area contributed by atoms with E-state index in [0.717, 1.165) is 0 Å². The molecule has 0 aliphatic rings. The Labute approximate surface area is 131 Å². The van der Waals surface area contributed by atoms with Crippen LogP contribution in [0.5, 0.6) is 0 Å². The second-order valence-corrected chi connectivity index (χ2v) is 4.57. The van der Waals surface area contributed by atoms with Crippen LogP contribution in [0.25, 0.3) is 11.0 Å². The second kappa shape index (κ2) is 6.15. The zero-order valence-corrected chi connectivity index (χ0v) is 12.2. The fraction of sp³-hybridized carbons (Fsp3) is 0.125. The third-order valence-electron chi connectivity index (χ3n) is 3.10. The van der Waals surface area contributed by atoms with Crippen molar-refractivity contribution in [3.05, 3.63) is 48.2 Å². The van der Waals surface area contributed by atoms with Crippen LogP contribution in [0, 0.1) is 11.3 Å². The average molecular weight is 308 g/mol. The molecule has 3 heterocycles. The molecule has 0 aliphatic heterocycles. The fourth-order valence-electron chi connectivity index (χ4n) is 2.09. The number of hydrogen-bond acceptors (Lipinski definition) is 7. The van der Waals surface area contributed by atoms with Gasteiger partial charge >= 0.3 is 5.97 Å². The van der Waals surface area contributed by atoms with Gasteiger partial charge in [-0.3, -0.25) is 4.98 Å². The summed E-state index contributed by atoms with van der Waals surface area (Å²) in [7, 11) is 0. The smallest absolute Gasteiger partial charge is 0.376 e. The van der Waals surface area contributed by atoms with Crippen molar-refractivity contribution in [2.75, 3.05) is 11.9 Å². The largest absolute Gasteiger partial charge is 0.460 e. The van der Waals surface area contributed by atoms with Crippen LogP contribution in [0.1, 0.15) is 23.2 Å². The highest BCUT2D eigenvalue weighted by Gasteiger charge is 2.22. The highest BCUT2D eigenvalue weighted by Crippen LogP contribution is 2.33. The van der Waals surface area contributed by atoms with Crippen molar-refractivity contribution in [3.8, 4) is 6.07 Å². The number of fused-ring (bicyclic) bond motifs is 1. The van der Waals surface area contributed by atoms with Crippen molar-refractivity contribution in [3.63, 3.8) is 0 Å². The number of pyridine rings is 2. The number of carbonyl (C=O) groups is 1. The van der Waals surface area contributed by atoms with E-state index in [4.69, 9.17) is 14.4 Å². The van der Waals surface area contributed by atoms with E-state index in [1.54, 1.807) is 31.3 Å². The van der Waals surface area contributed by atoms with Crippen molar-refractivity contribution < 1.29 is 13.9 Å². The molecule has 0 atom stereocenters. The minimum atomic E-state index is -0.562. The first-order chi connectivity index (χ1) is 11.2. The number of esters is 1. The minimum absolute atomic E-state index is 0.0687. The third-order valence-corrected chi connectivity index (χ3v) is 3.10. The number of anilines is 2. The van der Waals surface area contributed by atoms with Crippen molar-refractivity contribution in [1.82, 2.24) is 9.97 Å². The Balaban J connectivity index is 2.04. The van der Waals surface area contributed by atoms with Gasteiger partial charge in [-0.1, -0.05) is 0 Å². The number of carbonyl (C=O) groups excluding carboxylic acids is 1. The fourth-order valence-corrected chi connectivity index (χ4v) is 2.09. The molecule has 0 unspecified atom stereocenters. The molecule has 0 saturated heterocycles. The lowest BCUT2D eigenvalue weighted by Crippen LogP contribution is -2.06. The van der Waals surface area contributed by atoms with Crippen LogP contribution in [0.3, 0.4) is 0 Å². The lowest BCUT2D eigenvalue weighted by Gasteiger charge is -2.06. The van der Waals surface area contributed by atoms with Crippen molar-refractivity contribution in [1.29, 1.82) is 5.26 Å². The number of aromatic nitrogens is 2. The normalized spacial score (nSPS) is 10.3. The molecule has 0 amide bonds. The summed E-state index contributed by atoms with van der Waals surface area (Å²) in [6.45, 7) is 1.96. The number of nitrogens with zero attached hydrogens (tertiary/aromatic N) is 3. The van der Waals surface area contributed by atoms with E-state index in [2.05, 4.69) is 15.3 Å². The molecular weight excluding hydrogens is 296 g/mol. The predicted molar refractivity (Wildman–Crippen MR) is 82.2 cm³/mol. The molecule has 0 fully saturated rings. The van der Waals surface area contributed by atoms with Gasteiger partial charge in [0.15, 0.2) is 5.58 Å². The Bertz CT molecular complexity index is 894. The van der Waals surface area contributed by atoms with Crippen LogP contribution < -0.4 is 5.32 Å². The van der Waals surface area contributed by atoms with E-state index in [-0.39, 0.29) is 12.4 Å². The molecule has 3 rings (SSSR count). The van der Waals surface area contributed by atoms with E-state index in [1.807, 2.05) is 6.07 Å². The molecule has 1 N–H and O–H groups in total. The lowest BCUT2D eigenvalue weighted by molar-refractivity contribution is 0.0494. The Hall–Kier alpha value is -3.40. The Morgan fingerprint density at radius 3 is 2.96 bits per heavy atom. The summed E-state index contributed by atoms with van der Waals surface area (Å²) in [5.41, 5.74) is 1.88. The maximum absolute atomic E-state index is 12.1. The van der Waals surface area contributed by atoms with Gasteiger partial charge in [0.2, 0.25) is 5.76 Å². The summed E-state index contributed by atoms with van der Waals surface area (Å²) in [5.74, 6) is -0.494. The van der Waals surface area contributed by atoms with Crippen molar-refractivity contribution >= 4 is 28.3 Å². The summed E-state index contributed by atoms with van der Waals surface area (Å²) in [6.07, 6.45) is 4.64. The quantitative estimate of drug-likeness (QED) is 0.739. The highest BCUT2D eigenvalue weighted by molar-refractivity contribution is 6.05. The monoisotopic (exact) mass is 308 g/mol. The summed E-state index contributed by atoms with van der Waals surface area (Å²) < 4.78 is 10.6. The van der Waals surface area contributed by atoms with Gasteiger partial charge in [-0.05, 0) is 25.1 Å². The standard InChI is InChI=1S/C16H12N4O3/c1-2-22-16(21)15-14(12-5-6-18-9-13(12)23-15)20-11-4-3-10(7-17)19-8-11/h3-6,8-9,20H,2H2,1H3. The van der Waals surface area contributed by atoms with Gasteiger partial charge in [-0.2, -0.15) is 5.26 Å². The molecule has 7 heteroatoms. The molecule has 7 nitrogen and oxygen atoms in total. The number of rotatable bonds is 4. The average Bonchev–Trinajstić information content (AvgIpc) is 2.95. The minimum Gasteiger partial charge on any atom is -0.460 e. The summed E-state index contributed by atoms with van der Waals surface area (Å²) >= 11 is 0. The second-order valence-electron chi connectivity index (χ2n) is 4.57. The molecule has 3 aromatic rings. The highest BCUT2D eigenvalue weighted by atomic mass is 16.5. The number of nitriles is 1. The van der Waals surface area contributed by atoms with E-state index in [0.29, 0.717) is 28.0 Å². The molecule has 0 saturated carbocycles. The predicted octanol–water partition coefficient (Wildman–Crippen LogP) is 3.01. The van der Waals surface area contributed by atoms with Gasteiger partial charge in [0.1, 0.15) is 17.5 Å². The summed E-state index contributed by atoms with van der Waals surface area (Å²) in [5, 5.41) is 12.6. The van der Waals surface area contributed by atoms with Gasteiger partial charge in [-0.25, -0.2) is 9.78 Å². The van der Waals surface area contributed by atoms with Gasteiger partial charge in [0, 0.05) is 11.6 Å². The van der Waals surface area contributed by atoms with Crippen LogP contribution in [0.2, 0.25) is 0 Å². The topological polar surface area (TPSA) is 101 Å². The van der Waals surface area contributed by atoms with Crippen LogP contribution in [0.4, 0.5) is 11.4 Å². The molecule has 3 aromatic heterocycles. The lowest BCUT2D eigenvalue weighted by atomic mass is 10.2. The van der Waals surface area contributed by atoms with Crippen LogP contribution >= 0.6 is 0 Å². The molecule has 0 radical (unpaired) electrons. The van der Waals surface area contributed by atoms with Gasteiger partial charge in [0.05, 0.1) is 24.7 Å². The van der Waals surface area contributed by atoms with Crippen molar-refractivity contribution in [2.45, 2.75) is 6.92 Å². The van der Waals surface area contributed by atoms with E-state index in [9.17, 15) is 4.79 Å². The molecular formula is C16H12N4O3. The summed E-state index contributed by atoms with van der Waals surface area (Å²) in [4.78, 5) is 20.1. The number of hydrogen-bond donors (Lipinski definition) is 1. The van der Waals surface area contributed by atoms with Crippen LogP contribution in [-0.4, -0.2) is 22.5 Å². The van der Waals surface area contributed by atoms with Crippen LogP contribution in [-0.2, 0) is 4.74 Å². The van der Waals surface area contributed by atoms with Crippen molar-refractivity contribution in [2.24, 2.45) is 0 Å². The zero-order chi connectivity index (χ0) is 16.2. The van der Waals surface area contributed by atoms with Gasteiger partial charge < -0.3 is 14.5 Å². The number of furan rings is 1. The zero-order valence-electron chi connectivity index (χ0n) is 12.2. The van der Waals surface area contributed by atoms with Gasteiger partial charge in [0.25, 0.3) is 0 Å². The first kappa shape index (κ1) is 14.5. The first-order valence-electron chi connectivity index (χ1n) is 6.89. The third kappa shape index (κ3) is 2.82. The Morgan fingerprint density at radius 2 is 2.26 bits per heavy atom. The van der Waals surface area contributed by atoms with Crippen LogP contribution in [0.15, 0.2) is 41.2 Å². The molecule has 0 aromatic carbocycles. The molecule has 0 spiro atoms. The van der Waals surface area contributed by atoms with E-state index in [1.165, 1.54) is 12.4 Å². The number of nitrogens with one attached hydrogen (secondary N) is 1.